The maximum Gasteiger partial charge on any atom is 0.184 e. The minimum Gasteiger partial charge on any atom is -0.493 e. The quantitative estimate of drug-likeness (QED) is 0.849. The van der Waals surface area contributed by atoms with E-state index in [0.717, 1.165) is 47.8 Å². The van der Waals surface area contributed by atoms with Gasteiger partial charge in [-0.1, -0.05) is 6.07 Å². The van der Waals surface area contributed by atoms with E-state index >= 15 is 0 Å². The molecule has 0 aromatic heterocycles. The van der Waals surface area contributed by atoms with Crippen LogP contribution in [0.5, 0.6) is 11.5 Å². The zero-order valence-electron chi connectivity index (χ0n) is 14.8. The number of rotatable bonds is 4. The molecule has 24 heavy (non-hydrogen) atoms. The average Bonchev–Trinajstić information content (AvgIpc) is 2.91. The second-order valence-electron chi connectivity index (χ2n) is 7.09. The van der Waals surface area contributed by atoms with E-state index in [4.69, 9.17) is 14.2 Å². The second kappa shape index (κ2) is 6.35. The van der Waals surface area contributed by atoms with Gasteiger partial charge in [0.2, 0.25) is 0 Å². The summed E-state index contributed by atoms with van der Waals surface area (Å²) in [5.41, 5.74) is 1.99. The van der Waals surface area contributed by atoms with Gasteiger partial charge in [-0.15, -0.1) is 0 Å². The van der Waals surface area contributed by atoms with E-state index in [9.17, 15) is 5.26 Å². The number of nitriles is 1. The van der Waals surface area contributed by atoms with Crippen molar-refractivity contribution in [1.29, 1.82) is 5.26 Å². The molecule has 1 aliphatic carbocycles. The number of nitrogens with zero attached hydrogens (tertiary/aromatic N) is 2. The summed E-state index contributed by atoms with van der Waals surface area (Å²) < 4.78 is 16.7. The van der Waals surface area contributed by atoms with E-state index < -0.39 is 0 Å². The van der Waals surface area contributed by atoms with Crippen LogP contribution in [0.2, 0.25) is 0 Å². The zero-order chi connectivity index (χ0) is 17.3. The summed E-state index contributed by atoms with van der Waals surface area (Å²) in [7, 11) is 3.28. The van der Waals surface area contributed by atoms with Crippen molar-refractivity contribution in [3.05, 3.63) is 23.3 Å². The molecule has 0 radical (unpaired) electrons. The van der Waals surface area contributed by atoms with Gasteiger partial charge in [-0.05, 0) is 44.2 Å². The molecule has 2 aliphatic rings. The number of fused-ring (bicyclic) bond motifs is 1. The van der Waals surface area contributed by atoms with Crippen LogP contribution in [0.3, 0.4) is 0 Å². The molecule has 1 aromatic carbocycles. The molecule has 0 unspecified atom stereocenters. The summed E-state index contributed by atoms with van der Waals surface area (Å²) in [4.78, 5) is 4.64. The maximum absolute atomic E-state index is 9.77. The summed E-state index contributed by atoms with van der Waals surface area (Å²) in [5.74, 6) is 2.30. The van der Waals surface area contributed by atoms with Crippen LogP contribution in [-0.4, -0.2) is 32.3 Å². The Kier molecular flexibility index (Phi) is 4.40. The molecular formula is C19H24N2O3. The lowest BCUT2D eigenvalue weighted by Crippen LogP contribution is -2.23. The smallest absolute Gasteiger partial charge is 0.184 e. The van der Waals surface area contributed by atoms with Gasteiger partial charge in [0.05, 0.1) is 31.7 Å². The first-order chi connectivity index (χ1) is 11.5. The Morgan fingerprint density at radius 1 is 1.33 bits per heavy atom. The molecule has 1 heterocycles. The van der Waals surface area contributed by atoms with Crippen LogP contribution in [0.15, 0.2) is 17.1 Å². The van der Waals surface area contributed by atoms with Crippen LogP contribution in [0.1, 0.15) is 43.7 Å². The topological polar surface area (TPSA) is 63.8 Å². The SMILES string of the molecule is COc1ccc2c(c1OC)CC[C@@H](CC1=NC(C)(C)CO1)[C@@H]2C#N. The van der Waals surface area contributed by atoms with Gasteiger partial charge >= 0.3 is 0 Å². The Bertz CT molecular complexity index is 703. The molecule has 0 fully saturated rings. The minimum absolute atomic E-state index is 0.152. The normalized spacial score (nSPS) is 24.4. The van der Waals surface area contributed by atoms with E-state index in [2.05, 4.69) is 24.9 Å². The largest absolute Gasteiger partial charge is 0.493 e. The van der Waals surface area contributed by atoms with Crippen LogP contribution < -0.4 is 9.47 Å². The molecule has 1 aromatic rings. The average molecular weight is 328 g/mol. The predicted octanol–water partition coefficient (Wildman–Crippen LogP) is 3.47. The highest BCUT2D eigenvalue weighted by molar-refractivity contribution is 5.78. The third-order valence-electron chi connectivity index (χ3n) is 4.85. The lowest BCUT2D eigenvalue weighted by atomic mass is 9.74. The number of methoxy groups -OCH3 is 2. The summed E-state index contributed by atoms with van der Waals surface area (Å²) in [6.45, 7) is 4.75. The third-order valence-corrected chi connectivity index (χ3v) is 4.85. The highest BCUT2D eigenvalue weighted by Crippen LogP contribution is 2.45. The Labute approximate surface area is 143 Å². The Morgan fingerprint density at radius 3 is 2.71 bits per heavy atom. The first kappa shape index (κ1) is 16.6. The first-order valence-electron chi connectivity index (χ1n) is 8.34. The van der Waals surface area contributed by atoms with Gasteiger partial charge in [0, 0.05) is 12.0 Å². The molecule has 0 saturated heterocycles. The van der Waals surface area contributed by atoms with Gasteiger partial charge in [0.15, 0.2) is 17.4 Å². The molecular weight excluding hydrogens is 304 g/mol. The zero-order valence-corrected chi connectivity index (χ0v) is 14.8. The van der Waals surface area contributed by atoms with Crippen molar-refractivity contribution >= 4 is 5.90 Å². The van der Waals surface area contributed by atoms with Crippen molar-refractivity contribution in [3.8, 4) is 17.6 Å². The standard InChI is InChI=1S/C19H24N2O3/c1-19(2)11-24-17(21-19)9-12-5-6-14-13(15(12)10-20)7-8-16(22-3)18(14)23-4/h7-8,12,15H,5-6,9,11H2,1-4H3/t12-,15-/m0/s1. The second-order valence-corrected chi connectivity index (χ2v) is 7.09. The van der Waals surface area contributed by atoms with E-state index in [-0.39, 0.29) is 17.4 Å². The summed E-state index contributed by atoms with van der Waals surface area (Å²) in [6.07, 6.45) is 2.50. The highest BCUT2D eigenvalue weighted by atomic mass is 16.5. The molecule has 0 saturated carbocycles. The molecule has 0 spiro atoms. The van der Waals surface area contributed by atoms with Crippen LogP contribution >= 0.6 is 0 Å². The molecule has 5 nitrogen and oxygen atoms in total. The van der Waals surface area contributed by atoms with Crippen molar-refractivity contribution in [2.45, 2.75) is 44.6 Å². The fourth-order valence-corrected chi connectivity index (χ4v) is 3.69. The first-order valence-corrected chi connectivity index (χ1v) is 8.34. The fraction of sp³-hybridized carbons (Fsp3) is 0.579. The molecule has 0 amide bonds. The Morgan fingerprint density at radius 2 is 2.12 bits per heavy atom. The Balaban J connectivity index is 1.89. The number of benzene rings is 1. The minimum atomic E-state index is -0.177. The van der Waals surface area contributed by atoms with E-state index in [1.54, 1.807) is 14.2 Å². The van der Waals surface area contributed by atoms with Crippen molar-refractivity contribution in [2.75, 3.05) is 20.8 Å². The monoisotopic (exact) mass is 328 g/mol. The van der Waals surface area contributed by atoms with Gasteiger partial charge in [0.25, 0.3) is 0 Å². The van der Waals surface area contributed by atoms with Gasteiger partial charge in [-0.3, -0.25) is 0 Å². The lowest BCUT2D eigenvalue weighted by Gasteiger charge is -2.30. The summed E-state index contributed by atoms with van der Waals surface area (Å²) in [5, 5.41) is 9.77. The molecule has 2 atom stereocenters. The molecule has 0 bridgehead atoms. The molecule has 3 rings (SSSR count). The van der Waals surface area contributed by atoms with Crippen LogP contribution in [0, 0.1) is 17.2 Å². The van der Waals surface area contributed by atoms with Gasteiger partial charge in [-0.2, -0.15) is 5.26 Å². The molecule has 5 heteroatoms. The van der Waals surface area contributed by atoms with Gasteiger partial charge in [-0.25, -0.2) is 4.99 Å². The molecule has 0 N–H and O–H groups in total. The van der Waals surface area contributed by atoms with E-state index in [1.165, 1.54) is 0 Å². The van der Waals surface area contributed by atoms with Crippen molar-refractivity contribution in [1.82, 2.24) is 0 Å². The summed E-state index contributed by atoms with van der Waals surface area (Å²) in [6, 6.07) is 6.37. The van der Waals surface area contributed by atoms with Crippen LogP contribution in [-0.2, 0) is 11.2 Å². The lowest BCUT2D eigenvalue weighted by molar-refractivity contribution is 0.266. The maximum atomic E-state index is 9.77. The van der Waals surface area contributed by atoms with Crippen LogP contribution in [0.4, 0.5) is 0 Å². The fourth-order valence-electron chi connectivity index (χ4n) is 3.69. The predicted molar refractivity (Wildman–Crippen MR) is 91.8 cm³/mol. The number of ether oxygens (including phenoxy) is 3. The highest BCUT2D eigenvalue weighted by Gasteiger charge is 2.35. The van der Waals surface area contributed by atoms with Crippen molar-refractivity contribution in [3.63, 3.8) is 0 Å². The van der Waals surface area contributed by atoms with E-state index in [1.807, 2.05) is 12.1 Å². The number of aliphatic imine (C=N–C) groups is 1. The molecule has 1 aliphatic heterocycles. The molecule has 128 valence electrons. The van der Waals surface area contributed by atoms with Crippen LogP contribution in [0.25, 0.3) is 0 Å². The summed E-state index contributed by atoms with van der Waals surface area (Å²) >= 11 is 0. The third kappa shape index (κ3) is 2.93. The Hall–Kier alpha value is -2.22. The number of hydrogen-bond donors (Lipinski definition) is 0. The van der Waals surface area contributed by atoms with Crippen molar-refractivity contribution < 1.29 is 14.2 Å². The van der Waals surface area contributed by atoms with Gasteiger partial charge < -0.3 is 14.2 Å². The van der Waals surface area contributed by atoms with Gasteiger partial charge in [0.1, 0.15) is 6.61 Å². The number of hydrogen-bond acceptors (Lipinski definition) is 5. The van der Waals surface area contributed by atoms with Crippen molar-refractivity contribution in [2.24, 2.45) is 10.9 Å². The van der Waals surface area contributed by atoms with E-state index in [0.29, 0.717) is 6.61 Å².